The molecule has 42 heavy (non-hydrogen) atoms. The lowest BCUT2D eigenvalue weighted by molar-refractivity contribution is -0.130. The first kappa shape index (κ1) is 30.9. The molecule has 0 saturated heterocycles. The molecule has 0 bridgehead atoms. The minimum absolute atomic E-state index is 0.0533. The second kappa shape index (κ2) is 12.5. The van der Waals surface area contributed by atoms with Crippen molar-refractivity contribution in [1.82, 2.24) is 14.6 Å². The van der Waals surface area contributed by atoms with Gasteiger partial charge in [0.05, 0.1) is 42.1 Å². The predicted molar refractivity (Wildman–Crippen MR) is 140 cm³/mol. The van der Waals surface area contributed by atoms with Crippen molar-refractivity contribution in [3.05, 3.63) is 65.2 Å². The molecule has 0 radical (unpaired) electrons. The molecule has 2 aromatic carbocycles. The largest absolute Gasteiger partial charge is 0.390 e. The highest BCUT2D eigenvalue weighted by Gasteiger charge is 2.32. The van der Waals surface area contributed by atoms with Crippen molar-refractivity contribution >= 4 is 16.0 Å². The molecule has 15 heteroatoms. The third-order valence-electron chi connectivity index (χ3n) is 6.69. The highest BCUT2D eigenvalue weighted by molar-refractivity contribution is 7.87. The molecule has 1 aliphatic rings. The molecule has 1 aliphatic carbocycles. The zero-order valence-electron chi connectivity index (χ0n) is 22.0. The normalized spacial score (nSPS) is 14.4. The van der Waals surface area contributed by atoms with Crippen LogP contribution in [0.2, 0.25) is 0 Å². The van der Waals surface area contributed by atoms with Crippen LogP contribution >= 0.6 is 0 Å². The van der Waals surface area contributed by atoms with Gasteiger partial charge in [-0.25, -0.2) is 14.4 Å². The lowest BCUT2D eigenvalue weighted by Crippen LogP contribution is -2.39. The number of nitrogens with zero attached hydrogens (tertiary/aromatic N) is 4. The maximum atomic E-state index is 14.4. The lowest BCUT2D eigenvalue weighted by Gasteiger charge is -2.28. The Morgan fingerprint density at radius 1 is 1.14 bits per heavy atom. The Hall–Kier alpha value is -4.00. The number of aliphatic hydroxyl groups excluding tert-OH is 1. The molecule has 0 spiro atoms. The smallest absolute Gasteiger partial charge is 0.390 e. The number of amides is 1. The Balaban J connectivity index is 1.77. The van der Waals surface area contributed by atoms with Gasteiger partial charge in [0, 0.05) is 11.3 Å². The fourth-order valence-corrected chi connectivity index (χ4v) is 5.67. The molecular weight excluding hydrogens is 584 g/mol. The van der Waals surface area contributed by atoms with Crippen molar-refractivity contribution in [2.45, 2.75) is 57.3 Å². The van der Waals surface area contributed by atoms with Gasteiger partial charge in [0.2, 0.25) is 0 Å². The number of rotatable bonds is 9. The SMILES string of the molecule is N#Cc1cc(F)cc(-c2nc(C(=O)N(O)C3CCCCC3)c(CO)n2-c2ccc(OS(=O)(=O)CCC(F)(F)F)cc2)c1. The van der Waals surface area contributed by atoms with E-state index in [-0.39, 0.29) is 39.8 Å². The molecule has 1 fully saturated rings. The Kier molecular flexibility index (Phi) is 9.19. The highest BCUT2D eigenvalue weighted by atomic mass is 32.2. The van der Waals surface area contributed by atoms with E-state index in [2.05, 4.69) is 4.98 Å². The number of aliphatic hydroxyl groups is 1. The van der Waals surface area contributed by atoms with E-state index in [4.69, 9.17) is 4.18 Å². The first-order valence-corrected chi connectivity index (χ1v) is 14.4. The molecule has 224 valence electrons. The van der Waals surface area contributed by atoms with Crippen molar-refractivity contribution in [3.63, 3.8) is 0 Å². The monoisotopic (exact) mass is 610 g/mol. The predicted octanol–water partition coefficient (Wildman–Crippen LogP) is 4.87. The quantitative estimate of drug-likeness (QED) is 0.151. The minimum atomic E-state index is -4.70. The maximum absolute atomic E-state index is 14.4. The van der Waals surface area contributed by atoms with Crippen LogP contribution in [0.3, 0.4) is 0 Å². The summed E-state index contributed by atoms with van der Waals surface area (Å²) in [4.78, 5) is 17.7. The van der Waals surface area contributed by atoms with Gasteiger partial charge >= 0.3 is 16.3 Å². The Labute approximate surface area is 238 Å². The van der Waals surface area contributed by atoms with E-state index in [9.17, 15) is 46.3 Å². The van der Waals surface area contributed by atoms with Gasteiger partial charge in [-0.2, -0.15) is 26.9 Å². The van der Waals surface area contributed by atoms with Gasteiger partial charge in [0.25, 0.3) is 5.91 Å². The number of hydrogen-bond donors (Lipinski definition) is 2. The highest BCUT2D eigenvalue weighted by Crippen LogP contribution is 2.31. The van der Waals surface area contributed by atoms with Crippen LogP contribution in [-0.2, 0) is 16.7 Å². The summed E-state index contributed by atoms with van der Waals surface area (Å²) >= 11 is 0. The molecule has 4 rings (SSSR count). The zero-order chi connectivity index (χ0) is 30.7. The summed E-state index contributed by atoms with van der Waals surface area (Å²) in [5.74, 6) is -3.36. The van der Waals surface area contributed by atoms with E-state index in [1.807, 2.05) is 6.07 Å². The van der Waals surface area contributed by atoms with Crippen LogP contribution in [-0.4, -0.2) is 57.2 Å². The van der Waals surface area contributed by atoms with Crippen LogP contribution < -0.4 is 4.18 Å². The first-order chi connectivity index (χ1) is 19.8. The molecule has 1 heterocycles. The van der Waals surface area contributed by atoms with Crippen LogP contribution in [0.25, 0.3) is 17.1 Å². The molecule has 0 unspecified atom stereocenters. The van der Waals surface area contributed by atoms with E-state index in [1.54, 1.807) is 0 Å². The molecule has 2 N–H and O–H groups in total. The Morgan fingerprint density at radius 3 is 2.40 bits per heavy atom. The molecule has 10 nitrogen and oxygen atoms in total. The molecule has 1 amide bonds. The van der Waals surface area contributed by atoms with Gasteiger partial charge in [-0.05, 0) is 55.3 Å². The summed E-state index contributed by atoms with van der Waals surface area (Å²) in [5, 5.41) is 30.9. The zero-order valence-corrected chi connectivity index (χ0v) is 22.8. The number of halogens is 4. The summed E-state index contributed by atoms with van der Waals surface area (Å²) in [6.45, 7) is -0.767. The average Bonchev–Trinajstić information content (AvgIpc) is 3.35. The van der Waals surface area contributed by atoms with E-state index < -0.39 is 52.8 Å². The van der Waals surface area contributed by atoms with Gasteiger partial charge in [0.15, 0.2) is 5.69 Å². The maximum Gasteiger partial charge on any atom is 0.390 e. The Bertz CT molecular complexity index is 1590. The molecule has 3 aromatic rings. The molecule has 0 atom stereocenters. The van der Waals surface area contributed by atoms with E-state index in [1.165, 1.54) is 22.8 Å². The van der Waals surface area contributed by atoms with Gasteiger partial charge in [-0.3, -0.25) is 14.6 Å². The summed E-state index contributed by atoms with van der Waals surface area (Å²) in [7, 11) is -4.58. The van der Waals surface area contributed by atoms with Gasteiger partial charge < -0.3 is 9.29 Å². The third kappa shape index (κ3) is 7.25. The van der Waals surface area contributed by atoms with Crippen molar-refractivity contribution in [2.75, 3.05) is 5.75 Å². The van der Waals surface area contributed by atoms with Crippen molar-refractivity contribution in [2.24, 2.45) is 0 Å². The van der Waals surface area contributed by atoms with E-state index in [0.717, 1.165) is 43.5 Å². The molecule has 0 aliphatic heterocycles. The number of hydrogen-bond acceptors (Lipinski definition) is 8. The number of nitriles is 1. The van der Waals surface area contributed by atoms with Gasteiger partial charge in [0.1, 0.15) is 17.4 Å². The van der Waals surface area contributed by atoms with E-state index in [0.29, 0.717) is 17.9 Å². The second-order valence-corrected chi connectivity index (χ2v) is 11.4. The number of carbonyl (C=O) groups excluding carboxylic acids is 1. The number of alkyl halides is 3. The van der Waals surface area contributed by atoms with Crippen molar-refractivity contribution in [1.29, 1.82) is 5.26 Å². The topological polar surface area (TPSA) is 146 Å². The van der Waals surface area contributed by atoms with Gasteiger partial charge in [-0.1, -0.05) is 19.3 Å². The Morgan fingerprint density at radius 2 is 1.81 bits per heavy atom. The fourth-order valence-electron chi connectivity index (χ4n) is 4.71. The van der Waals surface area contributed by atoms with Crippen LogP contribution in [0.15, 0.2) is 42.5 Å². The van der Waals surface area contributed by atoms with Gasteiger partial charge in [-0.15, -0.1) is 0 Å². The standard InChI is InChI=1S/C27H26F4N4O6S/c28-19-13-17(15-32)12-18(14-19)25-33-24(26(37)35(38)21-4-2-1-3-5-21)23(16-36)34(25)20-6-8-22(9-7-20)41-42(39,40)11-10-27(29,30)31/h6-9,12-14,21,36,38H,1-5,10-11,16H2. The van der Waals surface area contributed by atoms with Crippen molar-refractivity contribution < 1.29 is 45.3 Å². The number of hydroxylamine groups is 2. The number of benzene rings is 2. The van der Waals surface area contributed by atoms with Crippen LogP contribution in [0.1, 0.15) is 60.3 Å². The van der Waals surface area contributed by atoms with E-state index >= 15 is 0 Å². The summed E-state index contributed by atoms with van der Waals surface area (Å²) < 4.78 is 81.9. The third-order valence-corrected chi connectivity index (χ3v) is 7.84. The molecular formula is C27H26F4N4O6S. The average molecular weight is 611 g/mol. The van der Waals surface area contributed by atoms with Crippen LogP contribution in [0, 0.1) is 17.1 Å². The number of aromatic nitrogens is 2. The number of imidazole rings is 1. The molecule has 1 saturated carbocycles. The second-order valence-electron chi connectivity index (χ2n) is 9.71. The lowest BCUT2D eigenvalue weighted by atomic mass is 9.95. The summed E-state index contributed by atoms with van der Waals surface area (Å²) in [6.07, 6.45) is -2.59. The minimum Gasteiger partial charge on any atom is -0.390 e. The first-order valence-electron chi connectivity index (χ1n) is 12.9. The van der Waals surface area contributed by atoms with Crippen LogP contribution in [0.4, 0.5) is 17.6 Å². The van der Waals surface area contributed by atoms with Crippen molar-refractivity contribution in [3.8, 4) is 28.9 Å². The fraction of sp³-hybridized carbons (Fsp3) is 0.370. The summed E-state index contributed by atoms with van der Waals surface area (Å²) in [6, 6.07) is 9.54. The summed E-state index contributed by atoms with van der Waals surface area (Å²) in [5.41, 5.74) is -0.266. The van der Waals surface area contributed by atoms with Crippen LogP contribution in [0.5, 0.6) is 5.75 Å². The molecule has 1 aromatic heterocycles. The number of carbonyl (C=O) groups is 1.